The molecule has 1 radical (unpaired) electrons. The molecule has 0 bridgehead atoms. The molecular weight excluding hydrogens is 621 g/mol. The first-order chi connectivity index (χ1) is 16.0. The van der Waals surface area contributed by atoms with E-state index in [1.807, 2.05) is 29.7 Å². The minimum atomic E-state index is -0.125. The smallest absolute Gasteiger partial charge is 0.155 e. The Morgan fingerprint density at radius 3 is 2.38 bits per heavy atom. The van der Waals surface area contributed by atoms with Gasteiger partial charge in [-0.15, -0.1) is 23.6 Å². The van der Waals surface area contributed by atoms with E-state index in [4.69, 9.17) is 10.1 Å². The molecule has 6 rings (SSSR count). The van der Waals surface area contributed by atoms with E-state index in [1.54, 1.807) is 0 Å². The molecule has 0 aliphatic heterocycles. The molecule has 0 atom stereocenters. The van der Waals surface area contributed by atoms with Gasteiger partial charge in [0.15, 0.2) is 5.78 Å². The standard InChI is InChI=1S/C23H13N2S.C5H8O2.Ir/c1-2-7-15(8-3-1)25-17-10-5-13-20-22(17)21-16(9-4-12-19(21)26-20)23-18(25)11-6-14-24-23;1-4(6)3-5(2)7;/h1-8,10-14H;3,6H,1-2H3;/q-1;;/b;4-3-;. The molecule has 171 valence electrons. The van der Waals surface area contributed by atoms with Crippen molar-refractivity contribution in [2.75, 3.05) is 0 Å². The zero-order valence-corrected chi connectivity index (χ0v) is 21.8. The van der Waals surface area contributed by atoms with Crippen LogP contribution in [-0.4, -0.2) is 20.4 Å². The number of carbonyl (C=O) groups is 1. The summed E-state index contributed by atoms with van der Waals surface area (Å²) < 4.78 is 4.91. The van der Waals surface area contributed by atoms with Crippen LogP contribution in [0.1, 0.15) is 13.8 Å². The molecule has 0 amide bonds. The number of thiophene rings is 1. The van der Waals surface area contributed by atoms with Crippen LogP contribution in [0.3, 0.4) is 0 Å². The normalized spacial score (nSPS) is 11.4. The van der Waals surface area contributed by atoms with Crippen LogP contribution >= 0.6 is 11.3 Å². The second-order valence-corrected chi connectivity index (χ2v) is 8.87. The number of carbonyl (C=O) groups excluding carboxylic acids is 1. The number of rotatable bonds is 2. The molecule has 0 aliphatic carbocycles. The van der Waals surface area contributed by atoms with E-state index in [0.717, 1.165) is 22.1 Å². The van der Waals surface area contributed by atoms with Gasteiger partial charge >= 0.3 is 0 Å². The van der Waals surface area contributed by atoms with E-state index in [1.165, 1.54) is 45.6 Å². The van der Waals surface area contributed by atoms with Gasteiger partial charge in [-0.3, -0.25) is 4.79 Å². The van der Waals surface area contributed by atoms with Gasteiger partial charge < -0.3 is 14.7 Å². The van der Waals surface area contributed by atoms with Crippen molar-refractivity contribution in [1.29, 1.82) is 0 Å². The molecule has 0 spiro atoms. The third kappa shape index (κ3) is 4.28. The van der Waals surface area contributed by atoms with Crippen molar-refractivity contribution in [3.8, 4) is 5.69 Å². The van der Waals surface area contributed by atoms with Gasteiger partial charge in [-0.2, -0.15) is 11.3 Å². The minimum Gasteiger partial charge on any atom is -0.512 e. The summed E-state index contributed by atoms with van der Waals surface area (Å²) in [5.74, 6) is -0.0625. The predicted molar refractivity (Wildman–Crippen MR) is 137 cm³/mol. The van der Waals surface area contributed by atoms with Crippen molar-refractivity contribution in [3.63, 3.8) is 0 Å². The Hall–Kier alpha value is -3.31. The predicted octanol–water partition coefficient (Wildman–Crippen LogP) is 7.38. The summed E-state index contributed by atoms with van der Waals surface area (Å²) in [6.45, 7) is 2.85. The van der Waals surface area contributed by atoms with Gasteiger partial charge in [-0.05, 0) is 60.3 Å². The van der Waals surface area contributed by atoms with Crippen LogP contribution in [0.2, 0.25) is 0 Å². The molecule has 0 unspecified atom stereocenters. The number of hydrogen-bond donors (Lipinski definition) is 1. The molecule has 3 aromatic carbocycles. The van der Waals surface area contributed by atoms with Gasteiger partial charge in [0.25, 0.3) is 0 Å². The maximum atomic E-state index is 10.0. The number of aromatic nitrogens is 2. The number of ketones is 1. The first-order valence-electron chi connectivity index (χ1n) is 10.6. The van der Waals surface area contributed by atoms with Crippen LogP contribution in [0, 0.1) is 6.07 Å². The fourth-order valence-electron chi connectivity index (χ4n) is 4.21. The summed E-state index contributed by atoms with van der Waals surface area (Å²) in [6, 6.07) is 28.9. The van der Waals surface area contributed by atoms with Crippen molar-refractivity contribution in [2.24, 2.45) is 0 Å². The van der Waals surface area contributed by atoms with Crippen LogP contribution in [0.4, 0.5) is 0 Å². The van der Waals surface area contributed by atoms with Gasteiger partial charge in [-0.25, -0.2) is 0 Å². The second-order valence-electron chi connectivity index (χ2n) is 7.78. The van der Waals surface area contributed by atoms with Gasteiger partial charge in [-0.1, -0.05) is 29.7 Å². The number of hydrogen-bond acceptors (Lipinski definition) is 4. The van der Waals surface area contributed by atoms with Gasteiger partial charge in [0.05, 0.1) is 5.76 Å². The van der Waals surface area contributed by atoms with E-state index in [9.17, 15) is 4.79 Å². The Kier molecular flexibility index (Phi) is 6.94. The van der Waals surface area contributed by atoms with Crippen molar-refractivity contribution >= 4 is 59.2 Å². The number of pyridine rings is 1. The molecule has 6 heteroatoms. The maximum Gasteiger partial charge on any atom is 0.155 e. The zero-order valence-electron chi connectivity index (χ0n) is 18.6. The van der Waals surface area contributed by atoms with Crippen molar-refractivity contribution in [2.45, 2.75) is 13.8 Å². The fraction of sp³-hybridized carbons (Fsp3) is 0.0714. The van der Waals surface area contributed by atoms with Gasteiger partial charge in [0.2, 0.25) is 0 Å². The summed E-state index contributed by atoms with van der Waals surface area (Å²) in [4.78, 5) is 14.8. The quantitative estimate of drug-likeness (QED) is 0.122. The van der Waals surface area contributed by atoms with E-state index in [-0.39, 0.29) is 31.6 Å². The Bertz CT molecular complexity index is 1660. The SMILES string of the molecule is CC(=O)/C=C(/C)O.[Ir].[c-]1ccc2sc3cccc4c3c2c1c1ncccc1n4-c1ccccc1. The second kappa shape index (κ2) is 9.90. The third-order valence-corrected chi connectivity index (χ3v) is 6.48. The maximum absolute atomic E-state index is 10.0. The molecule has 3 heterocycles. The number of aliphatic hydroxyl groups excluding tert-OH is 1. The summed E-state index contributed by atoms with van der Waals surface area (Å²) in [5, 5.41) is 12.0. The Balaban J connectivity index is 0.000000303. The van der Waals surface area contributed by atoms with Gasteiger partial charge in [0, 0.05) is 59.3 Å². The van der Waals surface area contributed by atoms with Crippen molar-refractivity contribution < 1.29 is 30.0 Å². The van der Waals surface area contributed by atoms with Crippen molar-refractivity contribution in [1.82, 2.24) is 9.55 Å². The molecule has 34 heavy (non-hydrogen) atoms. The molecule has 0 fully saturated rings. The van der Waals surface area contributed by atoms with Crippen LogP contribution in [0.25, 0.3) is 47.8 Å². The third-order valence-electron chi connectivity index (χ3n) is 5.36. The Labute approximate surface area is 214 Å². The summed E-state index contributed by atoms with van der Waals surface area (Å²) in [6.07, 6.45) is 3.04. The fourth-order valence-corrected chi connectivity index (χ4v) is 5.34. The molecular formula is C28H21IrN2O2S-. The minimum absolute atomic E-state index is 0. The number of fused-ring (bicyclic) bond motifs is 2. The number of aliphatic hydroxyl groups is 1. The average Bonchev–Trinajstić information content (AvgIpc) is 3.13. The van der Waals surface area contributed by atoms with E-state index < -0.39 is 0 Å². The first kappa shape index (κ1) is 23.8. The molecule has 6 aromatic rings. The number of nitrogens with zero attached hydrogens (tertiary/aromatic N) is 2. The van der Waals surface area contributed by atoms with Crippen LogP contribution in [0.5, 0.6) is 0 Å². The van der Waals surface area contributed by atoms with E-state index in [2.05, 4.69) is 71.3 Å². The van der Waals surface area contributed by atoms with Crippen LogP contribution in [-0.2, 0) is 24.9 Å². The average molecular weight is 642 g/mol. The number of allylic oxidation sites excluding steroid dienone is 2. The Morgan fingerprint density at radius 1 is 0.941 bits per heavy atom. The summed E-state index contributed by atoms with van der Waals surface area (Å²) in [7, 11) is 0. The molecule has 0 saturated carbocycles. The van der Waals surface area contributed by atoms with Crippen LogP contribution in [0.15, 0.2) is 90.8 Å². The topological polar surface area (TPSA) is 55.1 Å². The molecule has 0 saturated heterocycles. The number of para-hydroxylation sites is 1. The zero-order chi connectivity index (χ0) is 22.9. The monoisotopic (exact) mass is 642 g/mol. The largest absolute Gasteiger partial charge is 0.512 e. The van der Waals surface area contributed by atoms with E-state index in [0.29, 0.717) is 0 Å². The molecule has 3 aromatic heterocycles. The first-order valence-corrected chi connectivity index (χ1v) is 11.4. The molecule has 0 aliphatic rings. The van der Waals surface area contributed by atoms with Crippen LogP contribution < -0.4 is 0 Å². The number of benzene rings is 3. The Morgan fingerprint density at radius 2 is 1.68 bits per heavy atom. The molecule has 4 nitrogen and oxygen atoms in total. The molecule has 1 N–H and O–H groups in total. The summed E-state index contributed by atoms with van der Waals surface area (Å²) in [5.41, 5.74) is 4.42. The van der Waals surface area contributed by atoms with E-state index >= 15 is 0 Å². The van der Waals surface area contributed by atoms with Crippen molar-refractivity contribution in [3.05, 3.63) is 96.9 Å². The summed E-state index contributed by atoms with van der Waals surface area (Å²) >= 11 is 1.84. The van der Waals surface area contributed by atoms with Gasteiger partial charge in [0.1, 0.15) is 0 Å².